The number of carbonyl (C=O) groups is 3. The highest BCUT2D eigenvalue weighted by atomic mass is 16.6. The number of anilines is 2. The van der Waals surface area contributed by atoms with Crippen molar-refractivity contribution in [2.75, 3.05) is 36.9 Å². The van der Waals surface area contributed by atoms with E-state index in [9.17, 15) is 14.4 Å². The van der Waals surface area contributed by atoms with E-state index in [1.807, 2.05) is 61.5 Å². The SMILES string of the molecule is Cc1ccc(C(N)=O)cc1N(C)C(=O)CCN1CCC(OC(=O)Nc2ccccc2-c2ccccc2)CC1. The minimum Gasteiger partial charge on any atom is -0.446 e. The third-order valence-electron chi connectivity index (χ3n) is 6.93. The van der Waals surface area contributed by atoms with Crippen LogP contribution < -0.4 is 16.0 Å². The summed E-state index contributed by atoms with van der Waals surface area (Å²) in [4.78, 5) is 40.8. The van der Waals surface area contributed by atoms with Crippen molar-refractivity contribution in [3.63, 3.8) is 0 Å². The molecule has 0 radical (unpaired) electrons. The van der Waals surface area contributed by atoms with Crippen LogP contribution in [0.5, 0.6) is 0 Å². The van der Waals surface area contributed by atoms with E-state index in [1.54, 1.807) is 30.1 Å². The lowest BCUT2D eigenvalue weighted by Crippen LogP contribution is -2.40. The maximum Gasteiger partial charge on any atom is 0.411 e. The van der Waals surface area contributed by atoms with Crippen molar-refractivity contribution in [2.45, 2.75) is 32.3 Å². The number of benzene rings is 3. The molecule has 1 aliphatic heterocycles. The van der Waals surface area contributed by atoms with Gasteiger partial charge in [0.25, 0.3) is 0 Å². The number of hydrogen-bond acceptors (Lipinski definition) is 5. The summed E-state index contributed by atoms with van der Waals surface area (Å²) in [5, 5.41) is 2.90. The molecule has 0 unspecified atom stereocenters. The Labute approximate surface area is 223 Å². The number of piperidine rings is 1. The average Bonchev–Trinajstić information content (AvgIpc) is 2.93. The molecule has 3 aromatic rings. The summed E-state index contributed by atoms with van der Waals surface area (Å²) < 4.78 is 5.71. The highest BCUT2D eigenvalue weighted by Crippen LogP contribution is 2.28. The van der Waals surface area contributed by atoms with Gasteiger partial charge in [0.05, 0.1) is 5.69 Å². The largest absolute Gasteiger partial charge is 0.446 e. The molecule has 0 saturated carbocycles. The first kappa shape index (κ1) is 26.9. The Morgan fingerprint density at radius 1 is 1.00 bits per heavy atom. The third-order valence-corrected chi connectivity index (χ3v) is 6.93. The number of aryl methyl sites for hydroxylation is 1. The number of nitrogens with one attached hydrogen (secondary N) is 1. The molecule has 8 heteroatoms. The maximum atomic E-state index is 12.8. The summed E-state index contributed by atoms with van der Waals surface area (Å²) in [6, 6.07) is 22.7. The van der Waals surface area contributed by atoms with Crippen LogP contribution in [0.25, 0.3) is 11.1 Å². The third kappa shape index (κ3) is 6.77. The molecule has 38 heavy (non-hydrogen) atoms. The van der Waals surface area contributed by atoms with Crippen LogP contribution in [0.3, 0.4) is 0 Å². The Hall–Kier alpha value is -4.17. The number of carbonyl (C=O) groups excluding carboxylic acids is 3. The van der Waals surface area contributed by atoms with E-state index in [2.05, 4.69) is 10.2 Å². The number of rotatable bonds is 8. The molecule has 0 bridgehead atoms. The Kier molecular flexibility index (Phi) is 8.76. The molecular weight excluding hydrogens is 480 g/mol. The predicted molar refractivity (Wildman–Crippen MR) is 149 cm³/mol. The molecule has 3 N–H and O–H groups in total. The second-order valence-corrected chi connectivity index (χ2v) is 9.55. The van der Waals surface area contributed by atoms with E-state index in [0.717, 1.165) is 29.8 Å². The Morgan fingerprint density at radius 2 is 1.68 bits per heavy atom. The van der Waals surface area contributed by atoms with Gasteiger partial charge in [-0.25, -0.2) is 4.79 Å². The summed E-state index contributed by atoms with van der Waals surface area (Å²) in [6.45, 7) is 3.99. The van der Waals surface area contributed by atoms with Crippen molar-refractivity contribution in [3.8, 4) is 11.1 Å². The van der Waals surface area contributed by atoms with Gasteiger partial charge in [0.1, 0.15) is 6.10 Å². The van der Waals surface area contributed by atoms with Crippen LogP contribution >= 0.6 is 0 Å². The van der Waals surface area contributed by atoms with Gasteiger partial charge >= 0.3 is 6.09 Å². The van der Waals surface area contributed by atoms with E-state index in [-0.39, 0.29) is 12.0 Å². The van der Waals surface area contributed by atoms with E-state index < -0.39 is 12.0 Å². The topological polar surface area (TPSA) is 105 Å². The molecule has 1 fully saturated rings. The van der Waals surface area contributed by atoms with E-state index in [1.165, 1.54) is 0 Å². The zero-order chi connectivity index (χ0) is 27.1. The molecular formula is C30H34N4O4. The van der Waals surface area contributed by atoms with Gasteiger partial charge < -0.3 is 20.3 Å². The molecule has 1 aliphatic rings. The molecule has 0 spiro atoms. The molecule has 1 heterocycles. The molecule has 0 aliphatic carbocycles. The molecule has 0 aromatic heterocycles. The van der Waals surface area contributed by atoms with Gasteiger partial charge in [-0.05, 0) is 49.1 Å². The Morgan fingerprint density at radius 3 is 2.39 bits per heavy atom. The summed E-state index contributed by atoms with van der Waals surface area (Å²) in [5.41, 5.74) is 10.0. The fraction of sp³-hybridized carbons (Fsp3) is 0.300. The normalized spacial score (nSPS) is 14.1. The van der Waals surface area contributed by atoms with Gasteiger partial charge in [0.15, 0.2) is 0 Å². The molecule has 4 rings (SSSR count). The van der Waals surface area contributed by atoms with Gasteiger partial charge in [-0.15, -0.1) is 0 Å². The molecule has 3 amide bonds. The van der Waals surface area contributed by atoms with Crippen LogP contribution in [0.2, 0.25) is 0 Å². The molecule has 1 saturated heterocycles. The second kappa shape index (κ2) is 12.4. The number of likely N-dealkylation sites (tertiary alicyclic amines) is 1. The zero-order valence-electron chi connectivity index (χ0n) is 21.9. The number of hydrogen-bond donors (Lipinski definition) is 2. The fourth-order valence-corrected chi connectivity index (χ4v) is 4.68. The van der Waals surface area contributed by atoms with E-state index in [4.69, 9.17) is 10.5 Å². The van der Waals surface area contributed by atoms with Crippen molar-refractivity contribution in [3.05, 3.63) is 83.9 Å². The van der Waals surface area contributed by atoms with Gasteiger partial charge in [-0.2, -0.15) is 0 Å². The van der Waals surface area contributed by atoms with Crippen LogP contribution in [0.15, 0.2) is 72.8 Å². The minimum atomic E-state index is -0.522. The van der Waals surface area contributed by atoms with Crippen molar-refractivity contribution >= 4 is 29.3 Å². The number of nitrogens with two attached hydrogens (primary N) is 1. The number of primary amides is 1. The van der Waals surface area contributed by atoms with Crippen LogP contribution in [0, 0.1) is 6.92 Å². The summed E-state index contributed by atoms with van der Waals surface area (Å²) in [6.07, 6.45) is 1.12. The summed E-state index contributed by atoms with van der Waals surface area (Å²) >= 11 is 0. The van der Waals surface area contributed by atoms with Crippen molar-refractivity contribution < 1.29 is 19.1 Å². The fourth-order valence-electron chi connectivity index (χ4n) is 4.68. The standard InChI is InChI=1S/C30H34N4O4/c1-21-12-13-23(29(31)36)20-27(21)33(2)28(35)16-19-34-17-14-24(15-18-34)38-30(37)32-26-11-7-6-10-25(26)22-8-4-3-5-9-22/h3-13,20,24H,14-19H2,1-2H3,(H2,31,36)(H,32,37). The minimum absolute atomic E-state index is 0.0375. The first-order valence-corrected chi connectivity index (χ1v) is 12.8. The predicted octanol–water partition coefficient (Wildman–Crippen LogP) is 4.83. The number of amides is 3. The second-order valence-electron chi connectivity index (χ2n) is 9.55. The van der Waals surface area contributed by atoms with Gasteiger partial charge in [0.2, 0.25) is 11.8 Å². The van der Waals surface area contributed by atoms with Crippen LogP contribution in [0.1, 0.15) is 35.2 Å². The van der Waals surface area contributed by atoms with Crippen molar-refractivity contribution in [1.82, 2.24) is 4.90 Å². The Balaban J connectivity index is 1.24. The molecule has 198 valence electrons. The summed E-state index contributed by atoms with van der Waals surface area (Å²) in [7, 11) is 1.71. The van der Waals surface area contributed by atoms with E-state index in [0.29, 0.717) is 42.7 Å². The number of nitrogens with zero attached hydrogens (tertiary/aromatic N) is 2. The summed E-state index contributed by atoms with van der Waals surface area (Å²) in [5.74, 6) is -0.559. The van der Waals surface area contributed by atoms with Crippen LogP contribution in [-0.2, 0) is 9.53 Å². The maximum absolute atomic E-state index is 12.8. The lowest BCUT2D eigenvalue weighted by molar-refractivity contribution is -0.118. The Bertz CT molecular complexity index is 1290. The number of para-hydroxylation sites is 1. The molecule has 3 aromatic carbocycles. The van der Waals surface area contributed by atoms with Crippen molar-refractivity contribution in [2.24, 2.45) is 5.73 Å². The van der Waals surface area contributed by atoms with Crippen LogP contribution in [0.4, 0.5) is 16.2 Å². The lowest BCUT2D eigenvalue weighted by atomic mass is 10.0. The molecule has 8 nitrogen and oxygen atoms in total. The lowest BCUT2D eigenvalue weighted by Gasteiger charge is -2.32. The van der Waals surface area contributed by atoms with Gasteiger partial charge in [-0.3, -0.25) is 14.9 Å². The monoisotopic (exact) mass is 514 g/mol. The molecule has 0 atom stereocenters. The van der Waals surface area contributed by atoms with Crippen LogP contribution in [-0.4, -0.2) is 55.6 Å². The van der Waals surface area contributed by atoms with Crippen molar-refractivity contribution in [1.29, 1.82) is 0 Å². The van der Waals surface area contributed by atoms with Gasteiger partial charge in [0, 0.05) is 49.9 Å². The average molecular weight is 515 g/mol. The van der Waals surface area contributed by atoms with Gasteiger partial charge in [-0.1, -0.05) is 54.6 Å². The van der Waals surface area contributed by atoms with E-state index >= 15 is 0 Å². The highest BCUT2D eigenvalue weighted by molar-refractivity contribution is 5.98. The first-order chi connectivity index (χ1) is 18.3. The number of ether oxygens (including phenoxy) is 1. The smallest absolute Gasteiger partial charge is 0.411 e. The zero-order valence-corrected chi connectivity index (χ0v) is 21.9. The first-order valence-electron chi connectivity index (χ1n) is 12.8. The highest BCUT2D eigenvalue weighted by Gasteiger charge is 2.24. The quantitative estimate of drug-likeness (QED) is 0.448.